The third kappa shape index (κ3) is 4.06. The number of nitrogens with one attached hydrogen (secondary N) is 1. The summed E-state index contributed by atoms with van der Waals surface area (Å²) < 4.78 is 15.6. The van der Waals surface area contributed by atoms with Crippen molar-refractivity contribution in [3.63, 3.8) is 0 Å². The Morgan fingerprint density at radius 1 is 1.07 bits per heavy atom. The molecule has 1 unspecified atom stereocenters. The number of hydrogen-bond acceptors (Lipinski definition) is 6. The first-order chi connectivity index (χ1) is 12.8. The molecule has 146 valence electrons. The van der Waals surface area contributed by atoms with Gasteiger partial charge in [-0.25, -0.2) is 9.59 Å². The number of hydrogen-bond donors (Lipinski definition) is 1. The first-order valence-corrected chi connectivity index (χ1v) is 8.99. The highest BCUT2D eigenvalue weighted by molar-refractivity contribution is 6.35. The molecule has 27 heavy (non-hydrogen) atoms. The van der Waals surface area contributed by atoms with Crippen molar-refractivity contribution in [2.45, 2.75) is 26.7 Å². The van der Waals surface area contributed by atoms with Gasteiger partial charge in [-0.05, 0) is 32.9 Å². The summed E-state index contributed by atoms with van der Waals surface area (Å²) in [5, 5.41) is 3.66. The Morgan fingerprint density at radius 2 is 1.67 bits per heavy atom. The molecule has 6 nitrogen and oxygen atoms in total. The van der Waals surface area contributed by atoms with Crippen LogP contribution in [0.15, 0.2) is 34.7 Å². The van der Waals surface area contributed by atoms with Gasteiger partial charge in [-0.15, -0.1) is 0 Å². The predicted octanol–water partition coefficient (Wildman–Crippen LogP) is 3.97. The number of rotatable bonds is 5. The second-order valence-electron chi connectivity index (χ2n) is 5.86. The van der Waals surface area contributed by atoms with Crippen LogP contribution in [0.2, 0.25) is 10.0 Å². The van der Waals surface area contributed by atoms with Crippen molar-refractivity contribution < 1.29 is 23.8 Å². The van der Waals surface area contributed by atoms with Crippen LogP contribution in [0.3, 0.4) is 0 Å². The van der Waals surface area contributed by atoms with Crippen molar-refractivity contribution in [1.82, 2.24) is 5.32 Å². The second kappa shape index (κ2) is 8.67. The molecular formula is C19H21Cl2NO5. The lowest BCUT2D eigenvalue weighted by molar-refractivity contribution is -0.139. The Bertz CT molecular complexity index is 845. The molecule has 0 saturated carbocycles. The van der Waals surface area contributed by atoms with Crippen molar-refractivity contribution in [3.8, 4) is 5.75 Å². The van der Waals surface area contributed by atoms with Crippen LogP contribution in [0.5, 0.6) is 5.75 Å². The molecule has 1 aliphatic rings. The number of methoxy groups -OCH3 is 2. The quantitative estimate of drug-likeness (QED) is 0.735. The Labute approximate surface area is 168 Å². The number of ether oxygens (including phenoxy) is 3. The van der Waals surface area contributed by atoms with E-state index in [4.69, 9.17) is 37.4 Å². The van der Waals surface area contributed by atoms with Gasteiger partial charge in [0, 0.05) is 22.0 Å². The van der Waals surface area contributed by atoms with Crippen LogP contribution in [-0.2, 0) is 19.1 Å². The highest BCUT2D eigenvalue weighted by Gasteiger charge is 2.39. The van der Waals surface area contributed by atoms with Crippen LogP contribution in [0.1, 0.15) is 32.3 Å². The van der Waals surface area contributed by atoms with Crippen LogP contribution in [0.4, 0.5) is 0 Å². The molecule has 0 aromatic heterocycles. The fourth-order valence-electron chi connectivity index (χ4n) is 3.18. The summed E-state index contributed by atoms with van der Waals surface area (Å²) in [5.74, 6) is -1.64. The first-order valence-electron chi connectivity index (χ1n) is 8.23. The van der Waals surface area contributed by atoms with E-state index in [2.05, 4.69) is 5.32 Å². The molecule has 0 radical (unpaired) electrons. The summed E-state index contributed by atoms with van der Waals surface area (Å²) in [5.41, 5.74) is 2.10. The average Bonchev–Trinajstić information content (AvgIpc) is 2.59. The van der Waals surface area contributed by atoms with Gasteiger partial charge in [0.1, 0.15) is 5.75 Å². The van der Waals surface area contributed by atoms with Crippen molar-refractivity contribution in [2.24, 2.45) is 0 Å². The first kappa shape index (κ1) is 21.1. The lowest BCUT2D eigenvalue weighted by Crippen LogP contribution is -2.32. The number of carbonyl (C=O) groups excluding carboxylic acids is 2. The molecule has 1 N–H and O–H groups in total. The van der Waals surface area contributed by atoms with Gasteiger partial charge in [0.2, 0.25) is 0 Å². The molecule has 0 fully saturated rings. The van der Waals surface area contributed by atoms with E-state index in [9.17, 15) is 9.59 Å². The largest absolute Gasteiger partial charge is 0.495 e. The Hall–Kier alpha value is -2.18. The molecule has 0 bridgehead atoms. The number of esters is 2. The summed E-state index contributed by atoms with van der Waals surface area (Å²) in [6, 6.07) is 3.15. The fraction of sp³-hybridized carbons (Fsp3) is 0.368. The van der Waals surface area contributed by atoms with E-state index in [1.807, 2.05) is 0 Å². The van der Waals surface area contributed by atoms with Crippen molar-refractivity contribution in [2.75, 3.05) is 20.8 Å². The Kier molecular flexibility index (Phi) is 6.78. The van der Waals surface area contributed by atoms with Crippen LogP contribution in [-0.4, -0.2) is 32.8 Å². The number of allylic oxidation sites excluding steroid dienone is 2. The van der Waals surface area contributed by atoms with Crippen molar-refractivity contribution in [1.29, 1.82) is 0 Å². The molecule has 0 saturated heterocycles. The molecule has 1 heterocycles. The topological polar surface area (TPSA) is 73.9 Å². The Balaban J connectivity index is 2.83. The van der Waals surface area contributed by atoms with Gasteiger partial charge in [-0.2, -0.15) is 0 Å². The van der Waals surface area contributed by atoms with E-state index in [-0.39, 0.29) is 22.8 Å². The number of halogens is 2. The highest BCUT2D eigenvalue weighted by Crippen LogP contribution is 2.46. The molecule has 0 spiro atoms. The van der Waals surface area contributed by atoms with E-state index in [0.29, 0.717) is 27.7 Å². The Morgan fingerprint density at radius 3 is 2.19 bits per heavy atom. The second-order valence-corrected chi connectivity index (χ2v) is 6.70. The molecule has 0 amide bonds. The molecule has 1 aromatic rings. The zero-order chi connectivity index (χ0) is 20.3. The summed E-state index contributed by atoms with van der Waals surface area (Å²) >= 11 is 12.5. The minimum atomic E-state index is -0.816. The predicted molar refractivity (Wildman–Crippen MR) is 103 cm³/mol. The number of dihydropyridines is 1. The van der Waals surface area contributed by atoms with Gasteiger partial charge < -0.3 is 19.5 Å². The zero-order valence-electron chi connectivity index (χ0n) is 15.7. The third-order valence-electron chi connectivity index (χ3n) is 4.21. The lowest BCUT2D eigenvalue weighted by Gasteiger charge is -2.31. The van der Waals surface area contributed by atoms with Crippen LogP contribution >= 0.6 is 23.2 Å². The maximum Gasteiger partial charge on any atom is 0.336 e. The van der Waals surface area contributed by atoms with E-state index >= 15 is 0 Å². The van der Waals surface area contributed by atoms with Crippen LogP contribution in [0.25, 0.3) is 0 Å². The summed E-state index contributed by atoms with van der Waals surface area (Å²) in [6.45, 7) is 5.35. The lowest BCUT2D eigenvalue weighted by atomic mass is 9.80. The summed E-state index contributed by atoms with van der Waals surface area (Å²) in [7, 11) is 2.73. The van der Waals surface area contributed by atoms with Gasteiger partial charge in [0.05, 0.1) is 42.9 Å². The van der Waals surface area contributed by atoms with Crippen LogP contribution < -0.4 is 10.1 Å². The number of carbonyl (C=O) groups is 2. The third-order valence-corrected chi connectivity index (χ3v) is 4.71. The minimum absolute atomic E-state index is 0.187. The van der Waals surface area contributed by atoms with E-state index in [1.165, 1.54) is 20.3 Å². The number of benzene rings is 1. The average molecular weight is 414 g/mol. The van der Waals surface area contributed by atoms with E-state index in [0.717, 1.165) is 0 Å². The minimum Gasteiger partial charge on any atom is -0.495 e. The van der Waals surface area contributed by atoms with Crippen molar-refractivity contribution in [3.05, 3.63) is 50.3 Å². The smallest absolute Gasteiger partial charge is 0.336 e. The SMILES string of the molecule is CCOC(=O)C1=C(C)NC(C)=C(C(=O)OC)C1c1cc(Cl)cc(Cl)c1OC. The maximum atomic E-state index is 12.7. The van der Waals surface area contributed by atoms with Crippen molar-refractivity contribution >= 4 is 35.1 Å². The normalized spacial score (nSPS) is 16.8. The molecule has 8 heteroatoms. The van der Waals surface area contributed by atoms with Gasteiger partial charge in [-0.3, -0.25) is 0 Å². The van der Waals surface area contributed by atoms with Crippen LogP contribution in [0, 0.1) is 0 Å². The van der Waals surface area contributed by atoms with Gasteiger partial charge in [0.25, 0.3) is 0 Å². The molecule has 0 aliphatic carbocycles. The molecular weight excluding hydrogens is 393 g/mol. The van der Waals surface area contributed by atoms with Gasteiger partial charge in [0.15, 0.2) is 0 Å². The molecule has 2 rings (SSSR count). The highest BCUT2D eigenvalue weighted by atomic mass is 35.5. The molecule has 1 aliphatic heterocycles. The zero-order valence-corrected chi connectivity index (χ0v) is 17.2. The fourth-order valence-corrected chi connectivity index (χ4v) is 3.76. The monoisotopic (exact) mass is 413 g/mol. The summed E-state index contributed by atoms with van der Waals surface area (Å²) in [4.78, 5) is 25.3. The standard InChI is InChI=1S/C19H21Cl2NO5/c1-6-27-19(24)15-10(3)22-9(2)14(18(23)26-5)16(15)12-7-11(20)8-13(21)17(12)25-4/h7-8,16,22H,6H2,1-5H3. The summed E-state index contributed by atoms with van der Waals surface area (Å²) in [6.07, 6.45) is 0. The maximum absolute atomic E-state index is 12.7. The van der Waals surface area contributed by atoms with Gasteiger partial charge in [-0.1, -0.05) is 23.2 Å². The van der Waals surface area contributed by atoms with E-state index in [1.54, 1.807) is 26.8 Å². The van der Waals surface area contributed by atoms with Gasteiger partial charge >= 0.3 is 11.9 Å². The molecule has 1 aromatic carbocycles. The van der Waals surface area contributed by atoms with E-state index < -0.39 is 17.9 Å². The molecule has 1 atom stereocenters.